The maximum atomic E-state index is 10.2. The van der Waals surface area contributed by atoms with E-state index in [0.29, 0.717) is 22.9 Å². The van der Waals surface area contributed by atoms with Crippen molar-refractivity contribution >= 4 is 27.6 Å². The molecule has 4 rings (SSSR count). The third-order valence-electron chi connectivity index (χ3n) is 4.61. The van der Waals surface area contributed by atoms with E-state index in [-0.39, 0.29) is 11.8 Å². The molecule has 2 N–H and O–H groups in total. The fourth-order valence-corrected chi connectivity index (χ4v) is 3.35. The average Bonchev–Trinajstić information content (AvgIpc) is 3.01. The molecule has 0 fully saturated rings. The molecular formula is C20H21N5O2. The number of hydrogen-bond donors (Lipinski definition) is 2. The minimum atomic E-state index is -0.0367. The largest absolute Gasteiger partial charge is 0.504 e. The van der Waals surface area contributed by atoms with Gasteiger partial charge < -0.3 is 15.2 Å². The van der Waals surface area contributed by atoms with Crippen LogP contribution in [0.15, 0.2) is 36.5 Å². The molecule has 0 aliphatic carbocycles. The van der Waals surface area contributed by atoms with Gasteiger partial charge in [-0.05, 0) is 19.9 Å². The van der Waals surface area contributed by atoms with Gasteiger partial charge in [0.05, 0.1) is 24.2 Å². The van der Waals surface area contributed by atoms with E-state index in [1.54, 1.807) is 12.1 Å². The van der Waals surface area contributed by atoms with Crippen LogP contribution in [0, 0.1) is 6.92 Å². The number of nitrogens with zero attached hydrogens (tertiary/aromatic N) is 4. The number of benzene rings is 2. The van der Waals surface area contributed by atoms with Gasteiger partial charge in [-0.1, -0.05) is 18.2 Å². The minimum absolute atomic E-state index is 0.0367. The number of ether oxygens (including phenoxy) is 1. The predicted molar refractivity (Wildman–Crippen MR) is 105 cm³/mol. The Bertz CT molecular complexity index is 1150. The van der Waals surface area contributed by atoms with Gasteiger partial charge in [-0.15, -0.1) is 0 Å². The molecule has 0 radical (unpaired) electrons. The van der Waals surface area contributed by atoms with Crippen molar-refractivity contribution in [3.05, 3.63) is 47.9 Å². The van der Waals surface area contributed by atoms with Crippen LogP contribution in [0.5, 0.6) is 11.5 Å². The molecule has 4 aromatic rings. The van der Waals surface area contributed by atoms with Crippen LogP contribution in [-0.2, 0) is 7.05 Å². The van der Waals surface area contributed by atoms with Gasteiger partial charge in [0.25, 0.3) is 0 Å². The predicted octanol–water partition coefficient (Wildman–Crippen LogP) is 3.71. The summed E-state index contributed by atoms with van der Waals surface area (Å²) in [5, 5.41) is 20.0. The fourth-order valence-electron chi connectivity index (χ4n) is 3.35. The number of phenolic OH excluding ortho intramolecular Hbond substituents is 1. The number of hydrogen-bond acceptors (Lipinski definition) is 6. The number of nitrogens with one attached hydrogen (secondary N) is 1. The summed E-state index contributed by atoms with van der Waals surface area (Å²) in [6, 6.07) is 9.44. The topological polar surface area (TPSA) is 85.1 Å². The average molecular weight is 363 g/mol. The van der Waals surface area contributed by atoms with E-state index in [4.69, 9.17) is 4.74 Å². The van der Waals surface area contributed by atoms with E-state index in [1.165, 1.54) is 7.11 Å². The highest BCUT2D eigenvalue weighted by atomic mass is 16.5. The van der Waals surface area contributed by atoms with Gasteiger partial charge in [0.15, 0.2) is 11.5 Å². The van der Waals surface area contributed by atoms with Gasteiger partial charge in [0.2, 0.25) is 0 Å². The quantitative estimate of drug-likeness (QED) is 0.575. The Morgan fingerprint density at radius 3 is 2.81 bits per heavy atom. The second-order valence-electron chi connectivity index (χ2n) is 6.61. The Hall–Kier alpha value is -3.35. The highest BCUT2D eigenvalue weighted by Crippen LogP contribution is 2.34. The lowest BCUT2D eigenvalue weighted by atomic mass is 10.1. The van der Waals surface area contributed by atoms with Crippen LogP contribution in [0.3, 0.4) is 0 Å². The second kappa shape index (κ2) is 6.42. The molecule has 138 valence electrons. The first-order chi connectivity index (χ1) is 13.0. The zero-order valence-corrected chi connectivity index (χ0v) is 15.7. The summed E-state index contributed by atoms with van der Waals surface area (Å²) in [4.78, 5) is 9.01. The van der Waals surface area contributed by atoms with E-state index in [0.717, 1.165) is 21.9 Å². The monoisotopic (exact) mass is 363 g/mol. The third-order valence-corrected chi connectivity index (χ3v) is 4.61. The molecule has 27 heavy (non-hydrogen) atoms. The zero-order valence-electron chi connectivity index (χ0n) is 15.7. The van der Waals surface area contributed by atoms with Crippen LogP contribution in [0.4, 0.5) is 5.82 Å². The molecule has 0 saturated carbocycles. The van der Waals surface area contributed by atoms with E-state index in [9.17, 15) is 5.11 Å². The number of fused-ring (bicyclic) bond motifs is 2. The number of methoxy groups -OCH3 is 1. The number of anilines is 1. The number of aromatic nitrogens is 4. The van der Waals surface area contributed by atoms with Crippen LogP contribution in [0.25, 0.3) is 21.8 Å². The van der Waals surface area contributed by atoms with Crippen LogP contribution < -0.4 is 10.1 Å². The normalized spacial score (nSPS) is 12.4. The SMILES string of the molecule is COc1cc2nc(C)nc(NC(C)c3cccc4cn(C)nc34)c2cc1O. The Morgan fingerprint density at radius 2 is 2.04 bits per heavy atom. The van der Waals surface area contributed by atoms with E-state index < -0.39 is 0 Å². The number of aromatic hydroxyl groups is 1. The Kier molecular flexibility index (Phi) is 4.07. The molecule has 1 atom stereocenters. The molecule has 0 aliphatic heterocycles. The van der Waals surface area contributed by atoms with Crippen molar-refractivity contribution in [1.82, 2.24) is 19.7 Å². The summed E-state index contributed by atoms with van der Waals surface area (Å²) >= 11 is 0. The maximum Gasteiger partial charge on any atom is 0.162 e. The standard InChI is InChI=1S/C20H21N5O2/c1-11(14-7-5-6-13-10-25(3)24-19(13)14)21-20-15-8-17(26)18(27-4)9-16(15)22-12(2)23-20/h5-11,26H,1-4H3,(H,21,22,23). The summed E-state index contributed by atoms with van der Waals surface area (Å²) in [5.74, 6) is 1.75. The van der Waals surface area contributed by atoms with Crippen molar-refractivity contribution < 1.29 is 9.84 Å². The van der Waals surface area contributed by atoms with E-state index in [2.05, 4.69) is 33.4 Å². The molecule has 1 unspecified atom stereocenters. The minimum Gasteiger partial charge on any atom is -0.504 e. The first-order valence-electron chi connectivity index (χ1n) is 8.70. The van der Waals surface area contributed by atoms with Crippen LogP contribution in [0.2, 0.25) is 0 Å². The van der Waals surface area contributed by atoms with Crippen molar-refractivity contribution in [2.45, 2.75) is 19.9 Å². The summed E-state index contributed by atoms with van der Waals surface area (Å²) in [6.07, 6.45) is 2.00. The lowest BCUT2D eigenvalue weighted by Crippen LogP contribution is -2.10. The first kappa shape index (κ1) is 17.1. The zero-order chi connectivity index (χ0) is 19.1. The third kappa shape index (κ3) is 3.01. The molecule has 0 bridgehead atoms. The molecule has 7 heteroatoms. The molecule has 0 spiro atoms. The van der Waals surface area contributed by atoms with Gasteiger partial charge in [0.1, 0.15) is 11.6 Å². The lowest BCUT2D eigenvalue weighted by Gasteiger charge is -2.17. The fraction of sp³-hybridized carbons (Fsp3) is 0.250. The smallest absolute Gasteiger partial charge is 0.162 e. The summed E-state index contributed by atoms with van der Waals surface area (Å²) in [6.45, 7) is 3.91. The molecular weight excluding hydrogens is 342 g/mol. The Morgan fingerprint density at radius 1 is 1.22 bits per heavy atom. The van der Waals surface area contributed by atoms with Crippen LogP contribution in [0.1, 0.15) is 24.4 Å². The molecule has 0 saturated heterocycles. The number of phenols is 1. The summed E-state index contributed by atoms with van der Waals surface area (Å²) in [5.41, 5.74) is 2.75. The number of aryl methyl sites for hydroxylation is 2. The molecule has 2 aromatic heterocycles. The lowest BCUT2D eigenvalue weighted by molar-refractivity contribution is 0.374. The van der Waals surface area contributed by atoms with Crippen LogP contribution in [-0.4, -0.2) is 32.0 Å². The molecule has 0 aliphatic rings. The van der Waals surface area contributed by atoms with Crippen molar-refractivity contribution in [2.24, 2.45) is 7.05 Å². The highest BCUT2D eigenvalue weighted by Gasteiger charge is 2.16. The Labute approximate surface area is 156 Å². The van der Waals surface area contributed by atoms with Crippen LogP contribution >= 0.6 is 0 Å². The van der Waals surface area contributed by atoms with Crippen molar-refractivity contribution in [3.8, 4) is 11.5 Å². The van der Waals surface area contributed by atoms with Crippen molar-refractivity contribution in [2.75, 3.05) is 12.4 Å². The maximum absolute atomic E-state index is 10.2. The van der Waals surface area contributed by atoms with E-state index >= 15 is 0 Å². The first-order valence-corrected chi connectivity index (χ1v) is 8.70. The van der Waals surface area contributed by atoms with Gasteiger partial charge in [0, 0.05) is 35.6 Å². The summed E-state index contributed by atoms with van der Waals surface area (Å²) in [7, 11) is 3.43. The number of rotatable bonds is 4. The highest BCUT2D eigenvalue weighted by molar-refractivity contribution is 5.92. The van der Waals surface area contributed by atoms with Gasteiger partial charge in [-0.25, -0.2) is 9.97 Å². The second-order valence-corrected chi connectivity index (χ2v) is 6.61. The molecule has 7 nitrogen and oxygen atoms in total. The summed E-state index contributed by atoms with van der Waals surface area (Å²) < 4.78 is 7.01. The van der Waals surface area contributed by atoms with Crippen molar-refractivity contribution in [1.29, 1.82) is 0 Å². The Balaban J connectivity index is 1.79. The molecule has 2 heterocycles. The molecule has 2 aromatic carbocycles. The van der Waals surface area contributed by atoms with E-state index in [1.807, 2.05) is 37.0 Å². The van der Waals surface area contributed by atoms with Gasteiger partial charge in [-0.2, -0.15) is 5.10 Å². The van der Waals surface area contributed by atoms with Gasteiger partial charge >= 0.3 is 0 Å². The van der Waals surface area contributed by atoms with Gasteiger partial charge in [-0.3, -0.25) is 4.68 Å². The van der Waals surface area contributed by atoms with Crippen molar-refractivity contribution in [3.63, 3.8) is 0 Å². The molecule has 0 amide bonds.